The van der Waals surface area contributed by atoms with E-state index in [4.69, 9.17) is 0 Å². The molecule has 2 saturated heterocycles. The minimum absolute atomic E-state index is 0.00543. The molecule has 7 heteroatoms. The van der Waals surface area contributed by atoms with Gasteiger partial charge in [0.15, 0.2) is 0 Å². The lowest BCUT2D eigenvalue weighted by Crippen LogP contribution is -2.59. The Hall–Kier alpha value is -2.77. The van der Waals surface area contributed by atoms with Gasteiger partial charge >= 0.3 is 5.97 Å². The van der Waals surface area contributed by atoms with Crippen LogP contribution >= 0.6 is 0 Å². The fourth-order valence-electron chi connectivity index (χ4n) is 6.81. The first-order chi connectivity index (χ1) is 18.5. The maximum absolute atomic E-state index is 14.0. The van der Waals surface area contributed by atoms with Crippen LogP contribution in [0.15, 0.2) is 42.5 Å². The first kappa shape index (κ1) is 27.8. The predicted octanol–water partition coefficient (Wildman–Crippen LogP) is 4.36. The number of carboxylic acid groups (broad SMARTS) is 1. The second-order valence-corrected chi connectivity index (χ2v) is 12.7. The highest BCUT2D eigenvalue weighted by Gasteiger charge is 2.45. The Morgan fingerprint density at radius 3 is 2.38 bits per heavy atom. The van der Waals surface area contributed by atoms with E-state index in [9.17, 15) is 19.1 Å². The Morgan fingerprint density at radius 2 is 1.72 bits per heavy atom. The Balaban J connectivity index is 1.29. The Labute approximate surface area is 231 Å². The van der Waals surface area contributed by atoms with Crippen molar-refractivity contribution in [1.29, 1.82) is 0 Å². The monoisotopic (exact) mass is 535 g/mol. The van der Waals surface area contributed by atoms with Crippen molar-refractivity contribution in [3.05, 3.63) is 70.5 Å². The third-order valence-electron chi connectivity index (χ3n) is 9.14. The zero-order chi connectivity index (χ0) is 27.9. The molecule has 210 valence electrons. The Bertz CT molecular complexity index is 1210. The van der Waals surface area contributed by atoms with Crippen LogP contribution in [-0.4, -0.2) is 82.0 Å². The molecule has 1 aliphatic carbocycles. The van der Waals surface area contributed by atoms with E-state index in [1.54, 1.807) is 0 Å². The van der Waals surface area contributed by atoms with Crippen LogP contribution in [0.1, 0.15) is 62.3 Å². The van der Waals surface area contributed by atoms with Crippen molar-refractivity contribution in [2.45, 2.75) is 76.9 Å². The number of piperazine rings is 1. The van der Waals surface area contributed by atoms with E-state index in [1.165, 1.54) is 29.7 Å². The van der Waals surface area contributed by atoms with E-state index in [-0.39, 0.29) is 35.1 Å². The summed E-state index contributed by atoms with van der Waals surface area (Å²) in [4.78, 5) is 32.7. The molecule has 0 radical (unpaired) electrons. The number of aliphatic carboxylic acids is 1. The fourth-order valence-corrected chi connectivity index (χ4v) is 6.81. The molecule has 5 rings (SSSR count). The molecule has 2 heterocycles. The SMILES string of the molecule is C[C@H]1CN([C@@H](Cc2ccc3c(c2)CCC3)C(=O)O)CCN1C(=O)C1CN(C(C)(C)C)CC1c1ccc(F)cc1. The number of carboxylic acids is 1. The number of carbonyl (C=O) groups excluding carboxylic acids is 1. The van der Waals surface area contributed by atoms with E-state index in [2.05, 4.69) is 43.9 Å². The number of carbonyl (C=O) groups is 2. The molecule has 39 heavy (non-hydrogen) atoms. The standard InChI is InChI=1S/C32H42FN3O3/c1-21-18-34(29(31(38)39)17-22-8-9-23-6-5-7-25(23)16-22)14-15-36(21)30(37)28-20-35(32(2,3)4)19-27(28)24-10-12-26(33)13-11-24/h8-13,16,21,27-29H,5-7,14-15,17-20H2,1-4H3,(H,38,39)/t21-,27?,28?,29-/m0/s1. The highest BCUT2D eigenvalue weighted by atomic mass is 19.1. The number of nitrogens with zero attached hydrogens (tertiary/aromatic N) is 3. The molecule has 1 amide bonds. The van der Waals surface area contributed by atoms with Gasteiger partial charge in [-0.2, -0.15) is 0 Å². The largest absolute Gasteiger partial charge is 0.480 e. The molecule has 3 aliphatic rings. The lowest BCUT2D eigenvalue weighted by molar-refractivity contribution is -0.147. The number of rotatable bonds is 6. The Kier molecular flexibility index (Phi) is 7.84. The van der Waals surface area contributed by atoms with Crippen molar-refractivity contribution in [3.8, 4) is 0 Å². The Morgan fingerprint density at radius 1 is 1.00 bits per heavy atom. The second kappa shape index (κ2) is 11.0. The molecule has 4 atom stereocenters. The van der Waals surface area contributed by atoms with Gasteiger partial charge in [0, 0.05) is 50.2 Å². The molecule has 0 bridgehead atoms. The number of aryl methyl sites for hydroxylation is 2. The van der Waals surface area contributed by atoms with Crippen molar-refractivity contribution in [2.24, 2.45) is 5.92 Å². The number of halogens is 1. The number of benzene rings is 2. The summed E-state index contributed by atoms with van der Waals surface area (Å²) < 4.78 is 13.7. The first-order valence-electron chi connectivity index (χ1n) is 14.4. The van der Waals surface area contributed by atoms with Gasteiger partial charge in [-0.1, -0.05) is 30.3 Å². The summed E-state index contributed by atoms with van der Waals surface area (Å²) in [5.41, 5.74) is 4.74. The third-order valence-corrected chi connectivity index (χ3v) is 9.14. The number of amides is 1. The minimum Gasteiger partial charge on any atom is -0.480 e. The molecule has 0 aromatic heterocycles. The summed E-state index contributed by atoms with van der Waals surface area (Å²) in [7, 11) is 0. The normalized spacial score (nSPS) is 25.1. The molecular weight excluding hydrogens is 493 g/mol. The number of hydrogen-bond donors (Lipinski definition) is 1. The van der Waals surface area contributed by atoms with Crippen molar-refractivity contribution in [2.75, 3.05) is 32.7 Å². The zero-order valence-electron chi connectivity index (χ0n) is 23.7. The maximum atomic E-state index is 14.0. The van der Waals surface area contributed by atoms with Crippen LogP contribution in [0.5, 0.6) is 0 Å². The van der Waals surface area contributed by atoms with Crippen LogP contribution in [0.3, 0.4) is 0 Å². The van der Waals surface area contributed by atoms with Crippen LogP contribution in [0.2, 0.25) is 0 Å². The van der Waals surface area contributed by atoms with Crippen LogP contribution in [0.4, 0.5) is 4.39 Å². The minimum atomic E-state index is -0.810. The average Bonchev–Trinajstić information content (AvgIpc) is 3.54. The predicted molar refractivity (Wildman–Crippen MR) is 150 cm³/mol. The van der Waals surface area contributed by atoms with Gasteiger partial charge in [0.2, 0.25) is 5.91 Å². The summed E-state index contributed by atoms with van der Waals surface area (Å²) in [5, 5.41) is 10.1. The van der Waals surface area contributed by atoms with Crippen molar-refractivity contribution in [3.63, 3.8) is 0 Å². The van der Waals surface area contributed by atoms with E-state index in [1.807, 2.05) is 28.9 Å². The fraction of sp³-hybridized carbons (Fsp3) is 0.562. The summed E-state index contributed by atoms with van der Waals surface area (Å²) in [5.74, 6) is -1.19. The number of likely N-dealkylation sites (tertiary alicyclic amines) is 1. The first-order valence-corrected chi connectivity index (χ1v) is 14.4. The van der Waals surface area contributed by atoms with Crippen LogP contribution in [0, 0.1) is 11.7 Å². The van der Waals surface area contributed by atoms with E-state index < -0.39 is 12.0 Å². The molecule has 6 nitrogen and oxygen atoms in total. The van der Waals surface area contributed by atoms with Gasteiger partial charge in [0.25, 0.3) is 0 Å². The molecule has 2 aromatic carbocycles. The van der Waals surface area contributed by atoms with E-state index in [0.29, 0.717) is 32.6 Å². The van der Waals surface area contributed by atoms with Crippen molar-refractivity contribution in [1.82, 2.24) is 14.7 Å². The summed E-state index contributed by atoms with van der Waals surface area (Å²) in [6.07, 6.45) is 3.83. The number of hydrogen-bond acceptors (Lipinski definition) is 4. The molecular formula is C32H42FN3O3. The number of fused-ring (bicyclic) bond motifs is 1. The van der Waals surface area contributed by atoms with Crippen molar-refractivity contribution >= 4 is 11.9 Å². The second-order valence-electron chi connectivity index (χ2n) is 12.7. The van der Waals surface area contributed by atoms with Gasteiger partial charge in [0.05, 0.1) is 5.92 Å². The lowest BCUT2D eigenvalue weighted by Gasteiger charge is -2.43. The lowest BCUT2D eigenvalue weighted by atomic mass is 9.87. The van der Waals surface area contributed by atoms with Gasteiger partial charge in [-0.05, 0) is 87.8 Å². The smallest absolute Gasteiger partial charge is 0.321 e. The molecule has 0 saturated carbocycles. The molecule has 1 N–H and O–H groups in total. The van der Waals surface area contributed by atoms with Gasteiger partial charge in [-0.15, -0.1) is 0 Å². The third kappa shape index (κ3) is 5.90. The highest BCUT2D eigenvalue weighted by Crippen LogP contribution is 2.38. The van der Waals surface area contributed by atoms with Gasteiger partial charge in [-0.25, -0.2) is 4.39 Å². The van der Waals surface area contributed by atoms with E-state index >= 15 is 0 Å². The maximum Gasteiger partial charge on any atom is 0.321 e. The molecule has 2 aliphatic heterocycles. The van der Waals surface area contributed by atoms with Gasteiger partial charge < -0.3 is 10.0 Å². The van der Waals surface area contributed by atoms with Crippen molar-refractivity contribution < 1.29 is 19.1 Å². The van der Waals surface area contributed by atoms with Crippen LogP contribution in [0.25, 0.3) is 0 Å². The summed E-state index contributed by atoms with van der Waals surface area (Å²) >= 11 is 0. The molecule has 2 unspecified atom stereocenters. The average molecular weight is 536 g/mol. The highest BCUT2D eigenvalue weighted by molar-refractivity contribution is 5.81. The topological polar surface area (TPSA) is 64.1 Å². The van der Waals surface area contributed by atoms with Crippen LogP contribution in [-0.2, 0) is 28.9 Å². The molecule has 2 aromatic rings. The zero-order valence-corrected chi connectivity index (χ0v) is 23.7. The summed E-state index contributed by atoms with van der Waals surface area (Å²) in [6, 6.07) is 12.3. The van der Waals surface area contributed by atoms with Crippen LogP contribution < -0.4 is 0 Å². The van der Waals surface area contributed by atoms with Gasteiger partial charge in [-0.3, -0.25) is 19.4 Å². The quantitative estimate of drug-likeness (QED) is 0.596. The van der Waals surface area contributed by atoms with Gasteiger partial charge in [0.1, 0.15) is 11.9 Å². The summed E-state index contributed by atoms with van der Waals surface area (Å²) in [6.45, 7) is 11.5. The van der Waals surface area contributed by atoms with E-state index in [0.717, 1.165) is 30.5 Å². The molecule has 2 fully saturated rings. The molecule has 0 spiro atoms.